The summed E-state index contributed by atoms with van der Waals surface area (Å²) in [5, 5.41) is 31.2. The summed E-state index contributed by atoms with van der Waals surface area (Å²) in [6.07, 6.45) is 16.5. The molecule has 0 saturated carbocycles. The molecule has 0 amide bonds. The lowest BCUT2D eigenvalue weighted by atomic mass is 10.0. The molecule has 210 valence electrons. The van der Waals surface area contributed by atoms with Gasteiger partial charge < -0.3 is 0 Å². The van der Waals surface area contributed by atoms with Gasteiger partial charge in [0, 0.05) is 53.8 Å². The van der Waals surface area contributed by atoms with Crippen molar-refractivity contribution in [2.75, 3.05) is 0 Å². The molecule has 0 bridgehead atoms. The molecule has 9 heteroatoms. The molecule has 0 fully saturated rings. The Morgan fingerprint density at radius 3 is 1.23 bits per heavy atom. The maximum Gasteiger partial charge on any atom is 0.213 e. The van der Waals surface area contributed by atoms with Gasteiger partial charge in [-0.1, -0.05) is 79.6 Å². The first-order valence-corrected chi connectivity index (χ1v) is 14.0. The van der Waals surface area contributed by atoms with Gasteiger partial charge >= 0.3 is 0 Å². The van der Waals surface area contributed by atoms with Gasteiger partial charge in [0.05, 0.1) is 0 Å². The molecule has 0 saturated heterocycles. The molecule has 0 heterocycles. The molecule has 0 rings (SSSR count). The minimum Gasteiger partial charge on any atom is -0.264 e. The Bertz CT molecular complexity index is 505. The molecule has 3 atom stereocenters. The van der Waals surface area contributed by atoms with Crippen molar-refractivity contribution in [1.82, 2.24) is 0 Å². The summed E-state index contributed by atoms with van der Waals surface area (Å²) in [4.78, 5) is 30.7. The first-order valence-electron chi connectivity index (χ1n) is 14.0. The van der Waals surface area contributed by atoms with E-state index in [4.69, 9.17) is 0 Å². The Hall–Kier alpha value is -1.80. The van der Waals surface area contributed by atoms with E-state index in [1.165, 1.54) is 12.8 Å². The molecule has 0 aliphatic carbocycles. The lowest BCUT2D eigenvalue weighted by Crippen LogP contribution is -2.19. The summed E-state index contributed by atoms with van der Waals surface area (Å²) in [6, 6.07) is -0.932. The lowest BCUT2D eigenvalue weighted by molar-refractivity contribution is -0.524. The molecule has 9 nitrogen and oxygen atoms in total. The Morgan fingerprint density at radius 1 is 0.457 bits per heavy atom. The average molecular weight is 506 g/mol. The predicted octanol–water partition coefficient (Wildman–Crippen LogP) is 8.65. The Labute approximate surface area is 214 Å². The zero-order chi connectivity index (χ0) is 27.5. The fraction of sp³-hybridized carbons (Fsp3) is 1.00. The molecule has 0 aliphatic rings. The minimum absolute atomic E-state index is 0.0956. The molecule has 0 N–H and O–H groups in total. The first-order chi connectivity index (χ1) is 16.6. The lowest BCUT2D eigenvalue weighted by Gasteiger charge is -2.08. The number of rotatable bonds is 20. The topological polar surface area (TPSA) is 129 Å². The highest BCUT2D eigenvalue weighted by Crippen LogP contribution is 2.13. The fourth-order valence-electron chi connectivity index (χ4n) is 3.52. The van der Waals surface area contributed by atoms with Gasteiger partial charge in [-0.2, -0.15) is 0 Å². The van der Waals surface area contributed by atoms with E-state index in [9.17, 15) is 30.3 Å². The summed E-state index contributed by atoms with van der Waals surface area (Å²) >= 11 is 0. The Morgan fingerprint density at radius 2 is 0.829 bits per heavy atom. The van der Waals surface area contributed by atoms with Crippen LogP contribution in [-0.2, 0) is 0 Å². The third-order valence-corrected chi connectivity index (χ3v) is 5.98. The number of nitrogens with zero attached hydrogens (tertiary/aromatic N) is 3. The van der Waals surface area contributed by atoms with Crippen molar-refractivity contribution in [2.24, 2.45) is 0 Å². The maximum atomic E-state index is 10.7. The summed E-state index contributed by atoms with van der Waals surface area (Å²) in [7, 11) is 0. The van der Waals surface area contributed by atoms with Crippen LogP contribution in [0.2, 0.25) is 0 Å². The first kappa shape index (κ1) is 37.7. The van der Waals surface area contributed by atoms with Crippen molar-refractivity contribution in [3.63, 3.8) is 0 Å². The number of unbranched alkanes of at least 4 members (excludes halogenated alkanes) is 7. The van der Waals surface area contributed by atoms with E-state index in [0.29, 0.717) is 6.42 Å². The van der Waals surface area contributed by atoms with E-state index in [1.807, 2.05) is 13.8 Å². The van der Waals surface area contributed by atoms with Crippen LogP contribution in [0, 0.1) is 30.3 Å². The summed E-state index contributed by atoms with van der Waals surface area (Å²) in [5.41, 5.74) is 0. The van der Waals surface area contributed by atoms with Gasteiger partial charge in [0.2, 0.25) is 18.1 Å². The standard InChI is InChI=1S/C11H23NO2.C9H19NO2.C6H13NO2/c1-3-5-7-8-10-11(12(13)14)9-6-4-2;1-3-5-6-8-9(7-4-2)10(11)12;1-3-4-5-6(2)7(8)9/h11H,3-10H2,1-2H3;9H,3-8H2,1-2H3;6H,3-5H2,1-2H3. The van der Waals surface area contributed by atoms with E-state index in [-0.39, 0.29) is 32.9 Å². The van der Waals surface area contributed by atoms with Gasteiger partial charge in [-0.25, -0.2) is 0 Å². The maximum absolute atomic E-state index is 10.7. The average Bonchev–Trinajstić information content (AvgIpc) is 2.82. The Kier molecular flexibility index (Phi) is 30.7. The van der Waals surface area contributed by atoms with Crippen LogP contribution in [0.15, 0.2) is 0 Å². The van der Waals surface area contributed by atoms with Gasteiger partial charge in [-0.3, -0.25) is 30.3 Å². The van der Waals surface area contributed by atoms with Crippen molar-refractivity contribution in [3.05, 3.63) is 30.3 Å². The molecule has 0 aromatic carbocycles. The van der Waals surface area contributed by atoms with Crippen molar-refractivity contribution in [3.8, 4) is 0 Å². The van der Waals surface area contributed by atoms with Crippen LogP contribution in [0.4, 0.5) is 0 Å². The van der Waals surface area contributed by atoms with E-state index in [1.54, 1.807) is 6.92 Å². The Balaban J connectivity index is -0.000000450. The molecular weight excluding hydrogens is 450 g/mol. The van der Waals surface area contributed by atoms with E-state index in [0.717, 1.165) is 89.9 Å². The summed E-state index contributed by atoms with van der Waals surface area (Å²) in [6.45, 7) is 12.0. The zero-order valence-corrected chi connectivity index (χ0v) is 23.5. The third kappa shape index (κ3) is 28.3. The molecule has 0 aromatic heterocycles. The van der Waals surface area contributed by atoms with Crippen LogP contribution in [0.3, 0.4) is 0 Å². The highest BCUT2D eigenvalue weighted by molar-refractivity contribution is 4.58. The van der Waals surface area contributed by atoms with Gasteiger partial charge in [-0.15, -0.1) is 0 Å². The molecule has 35 heavy (non-hydrogen) atoms. The van der Waals surface area contributed by atoms with Gasteiger partial charge in [0.1, 0.15) is 0 Å². The number of hydrogen-bond acceptors (Lipinski definition) is 6. The molecule has 0 radical (unpaired) electrons. The molecule has 3 unspecified atom stereocenters. The molecular formula is C26H55N3O6. The highest BCUT2D eigenvalue weighted by atomic mass is 16.6. The van der Waals surface area contributed by atoms with E-state index >= 15 is 0 Å². The van der Waals surface area contributed by atoms with Crippen LogP contribution in [0.5, 0.6) is 0 Å². The second kappa shape index (κ2) is 28.4. The van der Waals surface area contributed by atoms with Crippen molar-refractivity contribution in [2.45, 2.75) is 169 Å². The highest BCUT2D eigenvalue weighted by Gasteiger charge is 2.18. The fourth-order valence-corrected chi connectivity index (χ4v) is 3.52. The summed E-state index contributed by atoms with van der Waals surface area (Å²) < 4.78 is 0. The zero-order valence-electron chi connectivity index (χ0n) is 23.5. The van der Waals surface area contributed by atoms with Crippen LogP contribution in [-0.4, -0.2) is 32.9 Å². The van der Waals surface area contributed by atoms with Crippen LogP contribution < -0.4 is 0 Å². The predicted molar refractivity (Wildman–Crippen MR) is 145 cm³/mol. The van der Waals surface area contributed by atoms with Crippen LogP contribution in [0.25, 0.3) is 0 Å². The molecule has 0 aromatic rings. The van der Waals surface area contributed by atoms with Gasteiger partial charge in [0.15, 0.2) is 0 Å². The van der Waals surface area contributed by atoms with Crippen LogP contribution >= 0.6 is 0 Å². The second-order valence-electron chi connectivity index (χ2n) is 9.43. The van der Waals surface area contributed by atoms with E-state index in [2.05, 4.69) is 20.8 Å². The summed E-state index contributed by atoms with van der Waals surface area (Å²) in [5.74, 6) is 0. The van der Waals surface area contributed by atoms with Crippen LogP contribution in [0.1, 0.15) is 151 Å². The van der Waals surface area contributed by atoms with Crippen molar-refractivity contribution < 1.29 is 14.8 Å². The van der Waals surface area contributed by atoms with Crippen molar-refractivity contribution in [1.29, 1.82) is 0 Å². The quantitative estimate of drug-likeness (QED) is 0.0924. The smallest absolute Gasteiger partial charge is 0.213 e. The van der Waals surface area contributed by atoms with Crippen molar-refractivity contribution >= 4 is 0 Å². The normalized spacial score (nSPS) is 12.9. The molecule has 0 aliphatic heterocycles. The van der Waals surface area contributed by atoms with E-state index < -0.39 is 0 Å². The second-order valence-corrected chi connectivity index (χ2v) is 9.43. The monoisotopic (exact) mass is 505 g/mol. The number of hydrogen-bond donors (Lipinski definition) is 0. The SMILES string of the molecule is CCCCC(C)[N+](=O)[O-].CCCCCC(CCC)[N+](=O)[O-].CCCCCCC(CCCC)[N+](=O)[O-]. The largest absolute Gasteiger partial charge is 0.264 e. The van der Waals surface area contributed by atoms with Gasteiger partial charge in [-0.05, 0) is 32.1 Å². The number of nitro groups is 3. The van der Waals surface area contributed by atoms with Gasteiger partial charge in [0.25, 0.3) is 0 Å². The molecule has 0 spiro atoms. The third-order valence-electron chi connectivity index (χ3n) is 5.98. The minimum atomic E-state index is -0.357.